The highest BCUT2D eigenvalue weighted by atomic mass is 32.1. The molecule has 0 spiro atoms. The molecule has 1 aromatic rings. The van der Waals surface area contributed by atoms with Gasteiger partial charge in [-0.25, -0.2) is 4.98 Å². The highest BCUT2D eigenvalue weighted by molar-refractivity contribution is 7.14. The van der Waals surface area contributed by atoms with E-state index in [4.69, 9.17) is 5.11 Å². The van der Waals surface area contributed by atoms with Crippen LogP contribution in [0.2, 0.25) is 0 Å². The summed E-state index contributed by atoms with van der Waals surface area (Å²) in [6.45, 7) is 6.17. The highest BCUT2D eigenvalue weighted by Gasteiger charge is 2.30. The first-order chi connectivity index (χ1) is 9.11. The number of nitrogens with zero attached hydrogens (tertiary/aromatic N) is 2. The summed E-state index contributed by atoms with van der Waals surface area (Å²) < 4.78 is 0. The van der Waals surface area contributed by atoms with E-state index >= 15 is 0 Å². The predicted molar refractivity (Wildman–Crippen MR) is 74.8 cm³/mol. The van der Waals surface area contributed by atoms with Crippen molar-refractivity contribution in [3.8, 4) is 0 Å². The van der Waals surface area contributed by atoms with Crippen LogP contribution in [0.3, 0.4) is 0 Å². The number of carboxylic acids is 1. The zero-order chi connectivity index (χ0) is 15.5. The smallest absolute Gasteiger partial charge is 0.323 e. The lowest BCUT2D eigenvalue weighted by Gasteiger charge is -2.33. The number of aromatic nitrogens is 1. The fraction of sp³-hybridized carbons (Fsp3) is 0.500. The van der Waals surface area contributed by atoms with E-state index in [0.29, 0.717) is 5.13 Å². The Labute approximate surface area is 120 Å². The van der Waals surface area contributed by atoms with E-state index in [1.807, 2.05) is 0 Å². The Morgan fingerprint density at radius 3 is 2.45 bits per heavy atom. The van der Waals surface area contributed by atoms with Gasteiger partial charge in [0.1, 0.15) is 12.2 Å². The third kappa shape index (κ3) is 4.30. The minimum Gasteiger partial charge on any atom is -0.480 e. The second kappa shape index (κ2) is 6.00. The lowest BCUT2D eigenvalue weighted by atomic mass is 10.1. The molecule has 0 saturated carbocycles. The second-order valence-electron chi connectivity index (χ2n) is 5.17. The first kappa shape index (κ1) is 16.1. The number of thiazole rings is 1. The van der Waals surface area contributed by atoms with E-state index in [-0.39, 0.29) is 11.6 Å². The van der Waals surface area contributed by atoms with Crippen molar-refractivity contribution < 1.29 is 19.5 Å². The molecule has 0 bridgehead atoms. The summed E-state index contributed by atoms with van der Waals surface area (Å²) in [4.78, 5) is 39.3. The third-order valence-electron chi connectivity index (χ3n) is 2.35. The monoisotopic (exact) mass is 299 g/mol. The minimum absolute atomic E-state index is 0.120. The Bertz CT molecular complexity index is 533. The SMILES string of the molecule is CC(=O)Nc1nc(C(=O)N(CC(=O)O)C(C)(C)C)cs1. The minimum atomic E-state index is -1.09. The van der Waals surface area contributed by atoms with Gasteiger partial charge in [-0.3, -0.25) is 14.4 Å². The lowest BCUT2D eigenvalue weighted by molar-refractivity contribution is -0.138. The van der Waals surface area contributed by atoms with E-state index in [2.05, 4.69) is 10.3 Å². The van der Waals surface area contributed by atoms with E-state index in [1.165, 1.54) is 17.2 Å². The number of amides is 2. The van der Waals surface area contributed by atoms with Crippen LogP contribution in [0.5, 0.6) is 0 Å². The number of anilines is 1. The molecule has 0 radical (unpaired) electrons. The molecule has 0 fully saturated rings. The average molecular weight is 299 g/mol. The molecule has 8 heteroatoms. The maximum atomic E-state index is 12.3. The van der Waals surface area contributed by atoms with Crippen LogP contribution >= 0.6 is 11.3 Å². The molecule has 0 aromatic carbocycles. The Hall–Kier alpha value is -1.96. The zero-order valence-electron chi connectivity index (χ0n) is 11.8. The van der Waals surface area contributed by atoms with Crippen LogP contribution in [0, 0.1) is 0 Å². The maximum absolute atomic E-state index is 12.3. The van der Waals surface area contributed by atoms with E-state index < -0.39 is 24.0 Å². The molecule has 1 rings (SSSR count). The first-order valence-electron chi connectivity index (χ1n) is 5.88. The van der Waals surface area contributed by atoms with E-state index in [1.54, 1.807) is 20.8 Å². The predicted octanol–water partition coefficient (Wildman–Crippen LogP) is 1.43. The largest absolute Gasteiger partial charge is 0.480 e. The Morgan fingerprint density at radius 2 is 2.00 bits per heavy atom. The van der Waals surface area contributed by atoms with Crippen LogP contribution in [-0.4, -0.2) is 44.9 Å². The van der Waals surface area contributed by atoms with Gasteiger partial charge < -0.3 is 15.3 Å². The van der Waals surface area contributed by atoms with Gasteiger partial charge in [0.2, 0.25) is 5.91 Å². The summed E-state index contributed by atoms with van der Waals surface area (Å²) in [7, 11) is 0. The summed E-state index contributed by atoms with van der Waals surface area (Å²) in [5, 5.41) is 13.2. The molecule has 2 N–H and O–H groups in total. The van der Waals surface area contributed by atoms with E-state index in [9.17, 15) is 14.4 Å². The van der Waals surface area contributed by atoms with Gasteiger partial charge in [0.05, 0.1) is 0 Å². The van der Waals surface area contributed by atoms with Gasteiger partial charge in [-0.05, 0) is 20.8 Å². The summed E-state index contributed by atoms with van der Waals surface area (Å²) in [5.74, 6) is -1.85. The molecule has 20 heavy (non-hydrogen) atoms. The van der Waals surface area contributed by atoms with Crippen LogP contribution in [-0.2, 0) is 9.59 Å². The fourth-order valence-electron chi connectivity index (χ4n) is 1.47. The molecule has 2 amide bonds. The molecule has 0 aliphatic carbocycles. The van der Waals surface area contributed by atoms with Gasteiger partial charge in [-0.1, -0.05) is 0 Å². The van der Waals surface area contributed by atoms with Gasteiger partial charge in [0.15, 0.2) is 5.13 Å². The maximum Gasteiger partial charge on any atom is 0.323 e. The number of carbonyl (C=O) groups excluding carboxylic acids is 2. The Balaban J connectivity index is 2.97. The van der Waals surface area contributed by atoms with Crippen molar-refractivity contribution in [2.24, 2.45) is 0 Å². The van der Waals surface area contributed by atoms with Crippen molar-refractivity contribution in [3.63, 3.8) is 0 Å². The summed E-state index contributed by atoms with van der Waals surface area (Å²) in [5.41, 5.74) is -0.525. The van der Waals surface area contributed by atoms with Crippen molar-refractivity contribution in [2.45, 2.75) is 33.2 Å². The van der Waals surface area contributed by atoms with Gasteiger partial charge in [0.25, 0.3) is 5.91 Å². The molecule has 0 unspecified atom stereocenters. The molecule has 1 aromatic heterocycles. The van der Waals surface area contributed by atoms with Gasteiger partial charge in [0, 0.05) is 17.8 Å². The van der Waals surface area contributed by atoms with Crippen molar-refractivity contribution >= 4 is 34.3 Å². The summed E-state index contributed by atoms with van der Waals surface area (Å²) in [6.07, 6.45) is 0. The molecule has 0 saturated heterocycles. The normalized spacial score (nSPS) is 11.0. The van der Waals surface area contributed by atoms with Crippen LogP contribution in [0.4, 0.5) is 5.13 Å². The average Bonchev–Trinajstić information content (AvgIpc) is 2.70. The number of hydrogen-bond acceptors (Lipinski definition) is 5. The molecule has 110 valence electrons. The first-order valence-corrected chi connectivity index (χ1v) is 6.76. The van der Waals surface area contributed by atoms with Crippen LogP contribution < -0.4 is 5.32 Å². The fourth-order valence-corrected chi connectivity index (χ4v) is 2.20. The molecule has 0 atom stereocenters. The number of rotatable bonds is 4. The van der Waals surface area contributed by atoms with Crippen LogP contribution in [0.15, 0.2) is 5.38 Å². The molecule has 0 aliphatic heterocycles. The number of carbonyl (C=O) groups is 3. The second-order valence-corrected chi connectivity index (χ2v) is 6.03. The molecule has 1 heterocycles. The topological polar surface area (TPSA) is 99.6 Å². The highest BCUT2D eigenvalue weighted by Crippen LogP contribution is 2.21. The molecule has 0 aliphatic rings. The Kier molecular flexibility index (Phi) is 4.83. The quantitative estimate of drug-likeness (QED) is 0.876. The number of nitrogens with one attached hydrogen (secondary N) is 1. The van der Waals surface area contributed by atoms with Crippen LogP contribution in [0.1, 0.15) is 38.2 Å². The van der Waals surface area contributed by atoms with E-state index in [0.717, 1.165) is 11.3 Å². The molecular formula is C12H17N3O4S. The van der Waals surface area contributed by atoms with Crippen LogP contribution in [0.25, 0.3) is 0 Å². The number of carboxylic acid groups (broad SMARTS) is 1. The standard InChI is InChI=1S/C12H17N3O4S/c1-7(16)13-11-14-8(6-20-11)10(19)15(5-9(17)18)12(2,3)4/h6H,5H2,1-4H3,(H,17,18)(H,13,14,16). The van der Waals surface area contributed by atoms with Crippen molar-refractivity contribution in [1.29, 1.82) is 0 Å². The molecule has 7 nitrogen and oxygen atoms in total. The third-order valence-corrected chi connectivity index (χ3v) is 3.11. The van der Waals surface area contributed by atoms with Gasteiger partial charge in [-0.2, -0.15) is 0 Å². The van der Waals surface area contributed by atoms with Gasteiger partial charge in [-0.15, -0.1) is 11.3 Å². The number of hydrogen-bond donors (Lipinski definition) is 2. The molecular weight excluding hydrogens is 282 g/mol. The van der Waals surface area contributed by atoms with Gasteiger partial charge >= 0.3 is 5.97 Å². The summed E-state index contributed by atoms with van der Waals surface area (Å²) >= 11 is 1.12. The van der Waals surface area contributed by atoms with Crippen molar-refractivity contribution in [1.82, 2.24) is 9.88 Å². The van der Waals surface area contributed by atoms with Crippen molar-refractivity contribution in [2.75, 3.05) is 11.9 Å². The Morgan fingerprint density at radius 1 is 1.40 bits per heavy atom. The number of aliphatic carboxylic acids is 1. The van der Waals surface area contributed by atoms with Crippen molar-refractivity contribution in [3.05, 3.63) is 11.1 Å². The zero-order valence-corrected chi connectivity index (χ0v) is 12.6. The summed E-state index contributed by atoms with van der Waals surface area (Å²) in [6, 6.07) is 0. The lowest BCUT2D eigenvalue weighted by Crippen LogP contribution is -2.48.